The molecule has 12 heavy (non-hydrogen) atoms. The number of hydrogen-bond donors (Lipinski definition) is 1. The number of nitrogen functional groups attached to an aromatic ring is 1. The van der Waals surface area contributed by atoms with Gasteiger partial charge in [0.25, 0.3) is 0 Å². The fraction of sp³-hybridized carbons (Fsp3) is 0.250. The fourth-order valence-electron chi connectivity index (χ4n) is 0.941. The Kier molecular flexibility index (Phi) is 2.17. The zero-order chi connectivity index (χ0) is 9.30. The molecule has 0 atom stereocenters. The van der Waals surface area contributed by atoms with Crippen molar-refractivity contribution in [2.45, 2.75) is 0 Å². The summed E-state index contributed by atoms with van der Waals surface area (Å²) < 4.78 is 25.5. The predicted octanol–water partition coefficient (Wildman–Crippen LogP) is 1.61. The van der Waals surface area contributed by atoms with E-state index in [2.05, 4.69) is 0 Å². The molecule has 0 aromatic heterocycles. The van der Waals surface area contributed by atoms with E-state index < -0.39 is 11.6 Å². The standard InChI is InChI=1S/C8H10F2N2/c1-12(2)7-4-5(9)3-6(10)8(7)11/h3-4H,11H2,1-2H3. The third-order valence-electron chi connectivity index (χ3n) is 1.55. The Labute approximate surface area is 69.6 Å². The topological polar surface area (TPSA) is 29.3 Å². The van der Waals surface area contributed by atoms with Gasteiger partial charge in [-0.2, -0.15) is 0 Å². The summed E-state index contributed by atoms with van der Waals surface area (Å²) in [5, 5.41) is 0. The Morgan fingerprint density at radius 2 is 1.83 bits per heavy atom. The van der Waals surface area contributed by atoms with Crippen LogP contribution in [0.3, 0.4) is 0 Å². The normalized spacial score (nSPS) is 10.0. The lowest BCUT2D eigenvalue weighted by molar-refractivity contribution is 0.586. The van der Waals surface area contributed by atoms with Crippen molar-refractivity contribution in [3.63, 3.8) is 0 Å². The molecule has 1 aromatic carbocycles. The van der Waals surface area contributed by atoms with Crippen molar-refractivity contribution in [3.8, 4) is 0 Å². The first-order valence-corrected chi connectivity index (χ1v) is 3.44. The molecule has 0 unspecified atom stereocenters. The summed E-state index contributed by atoms with van der Waals surface area (Å²) in [6, 6.07) is 1.96. The van der Waals surface area contributed by atoms with Gasteiger partial charge in [0, 0.05) is 20.2 Å². The zero-order valence-corrected chi connectivity index (χ0v) is 6.94. The molecule has 1 aromatic rings. The average molecular weight is 172 g/mol. The van der Waals surface area contributed by atoms with Crippen LogP contribution in [0.15, 0.2) is 12.1 Å². The van der Waals surface area contributed by atoms with Crippen LogP contribution < -0.4 is 10.6 Å². The lowest BCUT2D eigenvalue weighted by Crippen LogP contribution is -2.12. The first-order valence-electron chi connectivity index (χ1n) is 3.44. The maximum atomic E-state index is 12.8. The molecule has 0 aliphatic carbocycles. The van der Waals surface area contributed by atoms with Gasteiger partial charge in [-0.25, -0.2) is 8.78 Å². The van der Waals surface area contributed by atoms with Crippen LogP contribution in [0.1, 0.15) is 0 Å². The number of anilines is 2. The fourth-order valence-corrected chi connectivity index (χ4v) is 0.941. The van der Waals surface area contributed by atoms with Crippen LogP contribution in [0.5, 0.6) is 0 Å². The number of benzene rings is 1. The maximum Gasteiger partial charge on any atom is 0.151 e. The second-order valence-corrected chi connectivity index (χ2v) is 2.71. The highest BCUT2D eigenvalue weighted by Crippen LogP contribution is 2.25. The van der Waals surface area contributed by atoms with Gasteiger partial charge in [0.15, 0.2) is 5.82 Å². The molecule has 0 aliphatic heterocycles. The van der Waals surface area contributed by atoms with E-state index in [1.54, 1.807) is 19.0 Å². The number of nitrogens with two attached hydrogens (primary N) is 1. The van der Waals surface area contributed by atoms with Crippen LogP contribution in [0, 0.1) is 11.6 Å². The highest BCUT2D eigenvalue weighted by molar-refractivity contribution is 5.67. The highest BCUT2D eigenvalue weighted by Gasteiger charge is 2.08. The van der Waals surface area contributed by atoms with E-state index in [-0.39, 0.29) is 5.69 Å². The smallest absolute Gasteiger partial charge is 0.151 e. The second-order valence-electron chi connectivity index (χ2n) is 2.71. The van der Waals surface area contributed by atoms with Crippen LogP contribution in [-0.2, 0) is 0 Å². The van der Waals surface area contributed by atoms with Crippen molar-refractivity contribution in [1.29, 1.82) is 0 Å². The van der Waals surface area contributed by atoms with E-state index in [4.69, 9.17) is 5.73 Å². The molecule has 0 aliphatic rings. The Morgan fingerprint density at radius 1 is 1.25 bits per heavy atom. The molecular weight excluding hydrogens is 162 g/mol. The molecule has 0 spiro atoms. The largest absolute Gasteiger partial charge is 0.395 e. The molecular formula is C8H10F2N2. The summed E-state index contributed by atoms with van der Waals surface area (Å²) in [6.45, 7) is 0. The molecule has 0 radical (unpaired) electrons. The Hall–Kier alpha value is -1.32. The minimum atomic E-state index is -0.723. The molecule has 0 saturated carbocycles. The second kappa shape index (κ2) is 2.97. The van der Waals surface area contributed by atoms with Crippen molar-refractivity contribution in [2.75, 3.05) is 24.7 Å². The van der Waals surface area contributed by atoms with E-state index in [9.17, 15) is 8.78 Å². The van der Waals surface area contributed by atoms with Crippen molar-refractivity contribution in [2.24, 2.45) is 0 Å². The zero-order valence-electron chi connectivity index (χ0n) is 6.94. The van der Waals surface area contributed by atoms with Gasteiger partial charge in [0.05, 0.1) is 11.4 Å². The van der Waals surface area contributed by atoms with E-state index in [0.717, 1.165) is 6.07 Å². The van der Waals surface area contributed by atoms with Crippen molar-refractivity contribution >= 4 is 11.4 Å². The Morgan fingerprint density at radius 3 is 2.33 bits per heavy atom. The van der Waals surface area contributed by atoms with Gasteiger partial charge in [-0.3, -0.25) is 0 Å². The van der Waals surface area contributed by atoms with Gasteiger partial charge >= 0.3 is 0 Å². The highest BCUT2D eigenvalue weighted by atomic mass is 19.1. The molecule has 0 saturated heterocycles. The van der Waals surface area contributed by atoms with E-state index in [1.165, 1.54) is 6.07 Å². The van der Waals surface area contributed by atoms with Gasteiger partial charge in [-0.15, -0.1) is 0 Å². The Bertz CT molecular complexity index is 297. The summed E-state index contributed by atoms with van der Waals surface area (Å²) in [5.74, 6) is -1.34. The van der Waals surface area contributed by atoms with Crippen LogP contribution in [0.2, 0.25) is 0 Å². The third-order valence-corrected chi connectivity index (χ3v) is 1.55. The van der Waals surface area contributed by atoms with Crippen molar-refractivity contribution < 1.29 is 8.78 Å². The minimum Gasteiger partial charge on any atom is -0.395 e. The van der Waals surface area contributed by atoms with Gasteiger partial charge in [-0.1, -0.05) is 0 Å². The third kappa shape index (κ3) is 1.47. The SMILES string of the molecule is CN(C)c1cc(F)cc(F)c1N. The summed E-state index contributed by atoms with van der Waals surface area (Å²) in [4.78, 5) is 1.56. The van der Waals surface area contributed by atoms with Crippen LogP contribution in [0.4, 0.5) is 20.2 Å². The lowest BCUT2D eigenvalue weighted by Gasteiger charge is -2.15. The predicted molar refractivity (Wildman–Crippen MR) is 45.1 cm³/mol. The van der Waals surface area contributed by atoms with Crippen LogP contribution >= 0.6 is 0 Å². The van der Waals surface area contributed by atoms with Crippen molar-refractivity contribution in [3.05, 3.63) is 23.8 Å². The van der Waals surface area contributed by atoms with Gasteiger partial charge in [-0.05, 0) is 6.07 Å². The molecule has 0 heterocycles. The molecule has 1 rings (SSSR count). The first kappa shape index (κ1) is 8.77. The number of halogens is 2. The molecule has 4 heteroatoms. The van der Waals surface area contributed by atoms with Gasteiger partial charge < -0.3 is 10.6 Å². The average Bonchev–Trinajstić information content (AvgIpc) is 1.96. The monoisotopic (exact) mass is 172 g/mol. The molecule has 66 valence electrons. The Balaban J connectivity index is 3.28. The van der Waals surface area contributed by atoms with E-state index in [1.807, 2.05) is 0 Å². The lowest BCUT2D eigenvalue weighted by atomic mass is 10.2. The molecule has 0 fully saturated rings. The minimum absolute atomic E-state index is 0.0265. The van der Waals surface area contributed by atoms with E-state index >= 15 is 0 Å². The quantitative estimate of drug-likeness (QED) is 0.652. The number of nitrogens with zero attached hydrogens (tertiary/aromatic N) is 1. The number of hydrogen-bond acceptors (Lipinski definition) is 2. The summed E-state index contributed by atoms with van der Waals surface area (Å²) in [5.41, 5.74) is 5.70. The molecule has 2 nitrogen and oxygen atoms in total. The van der Waals surface area contributed by atoms with Crippen molar-refractivity contribution in [1.82, 2.24) is 0 Å². The van der Waals surface area contributed by atoms with E-state index in [0.29, 0.717) is 5.69 Å². The van der Waals surface area contributed by atoms with Gasteiger partial charge in [0.2, 0.25) is 0 Å². The molecule has 0 bridgehead atoms. The van der Waals surface area contributed by atoms with Crippen LogP contribution in [0.25, 0.3) is 0 Å². The first-order chi connectivity index (χ1) is 5.52. The summed E-state index contributed by atoms with van der Waals surface area (Å²) in [6.07, 6.45) is 0. The molecule has 2 N–H and O–H groups in total. The maximum absolute atomic E-state index is 12.8. The molecule has 0 amide bonds. The summed E-state index contributed by atoms with van der Waals surface area (Å²) in [7, 11) is 3.34. The van der Waals surface area contributed by atoms with Gasteiger partial charge in [0.1, 0.15) is 5.82 Å². The van der Waals surface area contributed by atoms with Crippen LogP contribution in [-0.4, -0.2) is 14.1 Å². The number of rotatable bonds is 1. The summed E-state index contributed by atoms with van der Waals surface area (Å²) >= 11 is 0.